The number of carboxylic acid groups (broad SMARTS) is 1. The fourth-order valence-corrected chi connectivity index (χ4v) is 4.51. The number of amides is 2. The van der Waals surface area contributed by atoms with E-state index in [1.54, 1.807) is 4.68 Å². The average molecular weight is 538 g/mol. The van der Waals surface area contributed by atoms with Gasteiger partial charge in [0.05, 0.1) is 6.04 Å². The van der Waals surface area contributed by atoms with Gasteiger partial charge in [-0.3, -0.25) is 4.79 Å². The van der Waals surface area contributed by atoms with E-state index in [4.69, 9.17) is 14.6 Å². The number of carbonyl (C=O) groups excluding carboxylic acids is 1. The summed E-state index contributed by atoms with van der Waals surface area (Å²) in [5.41, 5.74) is 2.20. The number of nitrogens with zero attached hydrogens (tertiary/aromatic N) is 6. The van der Waals surface area contributed by atoms with Crippen molar-refractivity contribution < 1.29 is 32.6 Å². The standard InChI is InChI=1S/C23H20F3N6O2.CH2O2.Na/c1-13-5-14(2)31(29-13)22-9-21(19(26)10-27-22)34-18-11-30(12-18)23(33)32-20(3-4-28-32)15-6-16(24)8-17(25)7-15;2-1-3;/h4,6-10,18,20H,3,11-12H2,1-2H3;1H,(H,2,3);/t20-;;/m0../s1. The molecule has 3 aromatic rings. The summed E-state index contributed by atoms with van der Waals surface area (Å²) in [7, 11) is 0. The van der Waals surface area contributed by atoms with Gasteiger partial charge in [-0.1, -0.05) is 0 Å². The Bertz CT molecular complexity index is 1380. The summed E-state index contributed by atoms with van der Waals surface area (Å²) in [6, 6.07) is 3.66. The number of aryl methyl sites for hydroxylation is 1. The predicted molar refractivity (Wildman–Crippen MR) is 130 cm³/mol. The molecule has 4 heterocycles. The number of hydrogen-bond acceptors (Lipinski definition) is 6. The van der Waals surface area contributed by atoms with Gasteiger partial charge in [0.15, 0.2) is 0 Å². The molecule has 2 aliphatic rings. The van der Waals surface area contributed by atoms with Crippen molar-refractivity contribution in [2.45, 2.75) is 32.4 Å². The minimum atomic E-state index is -0.715. The van der Waals surface area contributed by atoms with E-state index in [-0.39, 0.29) is 25.3 Å². The van der Waals surface area contributed by atoms with Gasteiger partial charge >= 0.3 is 149 Å². The van der Waals surface area contributed by atoms with Crippen LogP contribution in [-0.4, -0.2) is 95.6 Å². The molecule has 1 atom stereocenters. The molecule has 194 valence electrons. The first-order valence-electron chi connectivity index (χ1n) is 11.6. The SMILES string of the molecule is Cc1nn(-c2cc(OC3CN(C(=O)N4N=CC[C@H]4c4cc(F)cc(F)c4)C3)c(F)cn2)c(C)[c]1[Na].O=CO. The quantitative estimate of drug-likeness (QED) is 0.403. The summed E-state index contributed by atoms with van der Waals surface area (Å²) in [6.07, 6.45) is 2.56. The Hall–Kier alpha value is -3.42. The molecule has 1 fully saturated rings. The molecule has 0 radical (unpaired) electrons. The minimum Gasteiger partial charge on any atom is -0.483 e. The molecular weight excluding hydrogens is 516 g/mol. The molecule has 5 rings (SSSR count). The van der Waals surface area contributed by atoms with Crippen molar-refractivity contribution in [1.82, 2.24) is 24.7 Å². The van der Waals surface area contributed by atoms with E-state index in [9.17, 15) is 18.0 Å². The zero-order valence-electron chi connectivity index (χ0n) is 20.8. The third kappa shape index (κ3) is 5.69. The minimum absolute atomic E-state index is 0.0295. The summed E-state index contributed by atoms with van der Waals surface area (Å²) in [5.74, 6) is -1.56. The number of aromatic nitrogens is 3. The van der Waals surface area contributed by atoms with Crippen molar-refractivity contribution in [2.75, 3.05) is 13.1 Å². The van der Waals surface area contributed by atoms with Gasteiger partial charge in [-0.05, 0) is 17.7 Å². The number of hydrazone groups is 1. The van der Waals surface area contributed by atoms with Crippen LogP contribution in [-0.2, 0) is 4.79 Å². The Balaban J connectivity index is 0.00000107. The molecule has 14 heteroatoms. The van der Waals surface area contributed by atoms with Crippen LogP contribution >= 0.6 is 0 Å². The van der Waals surface area contributed by atoms with Crippen molar-refractivity contribution in [3.05, 3.63) is 64.9 Å². The monoisotopic (exact) mass is 538 g/mol. The van der Waals surface area contributed by atoms with Crippen LogP contribution in [0, 0.1) is 31.3 Å². The van der Waals surface area contributed by atoms with Gasteiger partial charge < -0.3 is 5.11 Å². The molecule has 1 aromatic carbocycles. The van der Waals surface area contributed by atoms with E-state index in [0.29, 0.717) is 17.8 Å². The maximum Gasteiger partial charge on any atom is 0.290 e. The van der Waals surface area contributed by atoms with Gasteiger partial charge in [0.1, 0.15) is 11.6 Å². The second kappa shape index (κ2) is 11.5. The van der Waals surface area contributed by atoms with Crippen LogP contribution in [0.25, 0.3) is 5.82 Å². The number of ether oxygens (including phenoxy) is 1. The van der Waals surface area contributed by atoms with E-state index in [2.05, 4.69) is 15.2 Å². The van der Waals surface area contributed by atoms with Gasteiger partial charge in [-0.25, -0.2) is 8.78 Å². The molecule has 10 nitrogen and oxygen atoms in total. The fraction of sp³-hybridized carbons (Fsp3) is 0.292. The molecule has 2 aromatic heterocycles. The van der Waals surface area contributed by atoms with Crippen molar-refractivity contribution in [1.29, 1.82) is 0 Å². The van der Waals surface area contributed by atoms with Crippen LogP contribution in [0.1, 0.15) is 29.4 Å². The number of pyridine rings is 1. The van der Waals surface area contributed by atoms with Crippen LogP contribution in [0.15, 0.2) is 35.6 Å². The molecule has 2 aliphatic heterocycles. The van der Waals surface area contributed by atoms with E-state index in [1.807, 2.05) is 13.8 Å². The first kappa shape index (κ1) is 27.6. The Morgan fingerprint density at radius 1 is 1.16 bits per heavy atom. The Morgan fingerprint density at radius 3 is 2.42 bits per heavy atom. The van der Waals surface area contributed by atoms with E-state index in [1.165, 1.54) is 34.3 Å². The fourth-order valence-electron chi connectivity index (χ4n) is 4.20. The summed E-state index contributed by atoms with van der Waals surface area (Å²) in [6.45, 7) is 4.05. The van der Waals surface area contributed by atoms with Crippen molar-refractivity contribution in [3.8, 4) is 11.6 Å². The van der Waals surface area contributed by atoms with Crippen LogP contribution in [0.5, 0.6) is 5.75 Å². The van der Waals surface area contributed by atoms with E-state index >= 15 is 0 Å². The molecule has 1 saturated heterocycles. The second-order valence-corrected chi connectivity index (χ2v) is 9.81. The number of halogens is 3. The summed E-state index contributed by atoms with van der Waals surface area (Å²) < 4.78 is 50.4. The topological polar surface area (TPSA) is 113 Å². The van der Waals surface area contributed by atoms with Gasteiger partial charge in [-0.15, -0.1) is 0 Å². The number of hydrogen-bond donors (Lipinski definition) is 1. The zero-order chi connectivity index (χ0) is 27.6. The third-order valence-electron chi connectivity index (χ3n) is 6.38. The smallest absolute Gasteiger partial charge is 0.290 e. The maximum atomic E-state index is 14.4. The summed E-state index contributed by atoms with van der Waals surface area (Å²) in [4.78, 5) is 27.0. The van der Waals surface area contributed by atoms with Gasteiger partial charge in [-0.2, -0.15) is 5.10 Å². The first-order valence-corrected chi connectivity index (χ1v) is 12.6. The van der Waals surface area contributed by atoms with Gasteiger partial charge in [0, 0.05) is 18.7 Å². The Kier molecular flexibility index (Phi) is 8.38. The van der Waals surface area contributed by atoms with Crippen molar-refractivity contribution in [2.24, 2.45) is 5.10 Å². The summed E-state index contributed by atoms with van der Waals surface area (Å²) >= 11 is 0.837. The molecular formula is C24H22F3N6NaO4. The molecule has 2 amide bonds. The Labute approximate surface area is 233 Å². The molecule has 1 N–H and O–H groups in total. The number of rotatable bonds is 4. The molecule has 38 heavy (non-hydrogen) atoms. The molecule has 0 spiro atoms. The number of urea groups is 1. The molecule has 0 aliphatic carbocycles. The number of carbonyl (C=O) groups is 2. The van der Waals surface area contributed by atoms with Gasteiger partial charge in [0.25, 0.3) is 6.47 Å². The second-order valence-electron chi connectivity index (χ2n) is 8.81. The first-order chi connectivity index (χ1) is 18.1. The predicted octanol–water partition coefficient (Wildman–Crippen LogP) is 2.41. The largest absolute Gasteiger partial charge is 0.483 e. The van der Waals surface area contributed by atoms with Crippen molar-refractivity contribution in [3.63, 3.8) is 0 Å². The molecule has 0 saturated carbocycles. The van der Waals surface area contributed by atoms with Crippen LogP contribution in [0.3, 0.4) is 0 Å². The molecule has 0 unspecified atom stereocenters. The average Bonchev–Trinajstić information content (AvgIpc) is 3.43. The third-order valence-corrected chi connectivity index (χ3v) is 7.83. The molecule has 0 bridgehead atoms. The van der Waals surface area contributed by atoms with E-state index < -0.39 is 35.6 Å². The number of likely N-dealkylation sites (tertiary alicyclic amines) is 1. The Morgan fingerprint density at radius 2 is 1.82 bits per heavy atom. The van der Waals surface area contributed by atoms with Crippen molar-refractivity contribution >= 4 is 49.5 Å². The van der Waals surface area contributed by atoms with E-state index in [0.717, 1.165) is 54.4 Å². The maximum absolute atomic E-state index is 14.4. The van der Waals surface area contributed by atoms with Gasteiger partial charge in [0.2, 0.25) is 0 Å². The number of benzene rings is 1. The van der Waals surface area contributed by atoms with Crippen LogP contribution in [0.2, 0.25) is 0 Å². The normalized spacial score (nSPS) is 16.7. The van der Waals surface area contributed by atoms with Crippen LogP contribution in [0.4, 0.5) is 18.0 Å². The zero-order valence-corrected chi connectivity index (χ0v) is 22.8. The van der Waals surface area contributed by atoms with Crippen LogP contribution < -0.4 is 7.55 Å². The summed E-state index contributed by atoms with van der Waals surface area (Å²) in [5, 5.41) is 16.7.